The van der Waals surface area contributed by atoms with Gasteiger partial charge in [0.1, 0.15) is 0 Å². The second-order valence-electron chi connectivity index (χ2n) is 10.9. The Balaban J connectivity index is 0. The summed E-state index contributed by atoms with van der Waals surface area (Å²) < 4.78 is 0. The minimum absolute atomic E-state index is 0. The summed E-state index contributed by atoms with van der Waals surface area (Å²) >= 11 is 0. The molecule has 1 N–H and O–H groups in total. The maximum atomic E-state index is 6.94. The van der Waals surface area contributed by atoms with E-state index in [1.807, 2.05) is 20.8 Å². The zero-order chi connectivity index (χ0) is 27.7. The summed E-state index contributed by atoms with van der Waals surface area (Å²) in [5.41, 5.74) is 13.4. The summed E-state index contributed by atoms with van der Waals surface area (Å²) in [5, 5.41) is 5.12. The summed E-state index contributed by atoms with van der Waals surface area (Å²) in [7, 11) is 0. The van der Waals surface area contributed by atoms with Gasteiger partial charge in [-0.25, -0.2) is 5.57 Å². The molecule has 0 heterocycles. The molecular formula is C39H47NSiTi. The number of rotatable bonds is 3. The number of nitrogens with one attached hydrogen (secondary N) is 1. The predicted molar refractivity (Wildman–Crippen MR) is 189 cm³/mol. The molecule has 0 amide bonds. The minimum Gasteiger partial charge on any atom is -0.673 e. The van der Waals surface area contributed by atoms with Crippen molar-refractivity contribution in [2.75, 3.05) is 0 Å². The normalized spacial score (nSPS) is 14.0. The molecule has 4 radical (unpaired) electrons. The van der Waals surface area contributed by atoms with Crippen molar-refractivity contribution < 1.29 is 21.7 Å². The second kappa shape index (κ2) is 19.4. The Morgan fingerprint density at radius 1 is 0.667 bits per heavy atom. The number of hydrogen-bond acceptors (Lipinski definition) is 0. The molecular weight excluding hydrogens is 558 g/mol. The molecule has 0 aliphatic heterocycles. The van der Waals surface area contributed by atoms with Gasteiger partial charge in [-0.1, -0.05) is 157 Å². The molecule has 1 unspecified atom stereocenters. The Hall–Kier alpha value is -2.75. The van der Waals surface area contributed by atoms with Gasteiger partial charge in [0.25, 0.3) is 0 Å². The summed E-state index contributed by atoms with van der Waals surface area (Å²) in [6.45, 7) is 14.2. The van der Waals surface area contributed by atoms with Gasteiger partial charge in [0.15, 0.2) is 0 Å². The molecule has 1 aliphatic carbocycles. The number of fused-ring (bicyclic) bond motifs is 2. The average Bonchev–Trinajstić information content (AvgIpc) is 3.11. The molecule has 5 rings (SSSR count). The van der Waals surface area contributed by atoms with Crippen LogP contribution in [-0.4, -0.2) is 16.5 Å². The van der Waals surface area contributed by atoms with Gasteiger partial charge >= 0.3 is 21.7 Å². The summed E-state index contributed by atoms with van der Waals surface area (Å²) in [6.07, 6.45) is 11.9. The van der Waals surface area contributed by atoms with Crippen molar-refractivity contribution in [3.05, 3.63) is 152 Å². The van der Waals surface area contributed by atoms with E-state index in [0.29, 0.717) is 5.92 Å². The van der Waals surface area contributed by atoms with Crippen LogP contribution in [0.5, 0.6) is 0 Å². The van der Waals surface area contributed by atoms with Crippen molar-refractivity contribution in [2.24, 2.45) is 5.92 Å². The van der Waals surface area contributed by atoms with E-state index in [4.69, 9.17) is 5.73 Å². The van der Waals surface area contributed by atoms with Crippen LogP contribution in [0.3, 0.4) is 0 Å². The van der Waals surface area contributed by atoms with E-state index in [1.54, 1.807) is 0 Å². The first-order chi connectivity index (χ1) is 18.0. The standard InChI is InChI=1S/C24H18.C9H13.C4H10N.2CH3.Si.Ti/c1(9-19-13-7-15-21-11-3-5-17-23(19)21)2-10-20-14-8-16-22-12-4-6-18-24(20)22;1-6-5-7(2)9(4)8(6)3;1-4(2,3)5;;;;/h1-18H;6H,1-4H3;5H,1-3H3;2*1H3;;/q;4*-1;;+4. The predicted octanol–water partition coefficient (Wildman–Crippen LogP) is 11.8. The van der Waals surface area contributed by atoms with Crippen LogP contribution in [-0.2, 0) is 21.7 Å². The van der Waals surface area contributed by atoms with Gasteiger partial charge in [0, 0.05) is 11.0 Å². The van der Waals surface area contributed by atoms with Crippen molar-refractivity contribution in [3.8, 4) is 0 Å². The van der Waals surface area contributed by atoms with Gasteiger partial charge in [0.05, 0.1) is 0 Å². The molecule has 4 aromatic carbocycles. The molecule has 0 spiro atoms. The average molecular weight is 606 g/mol. The van der Waals surface area contributed by atoms with Gasteiger partial charge in [-0.05, 0) is 32.7 Å². The van der Waals surface area contributed by atoms with E-state index in [-0.39, 0.29) is 53.1 Å². The largest absolute Gasteiger partial charge is 4.00 e. The third-order valence-corrected chi connectivity index (χ3v) is 6.55. The molecule has 1 nitrogen and oxygen atoms in total. The van der Waals surface area contributed by atoms with Crippen LogP contribution < -0.4 is 0 Å². The van der Waals surface area contributed by atoms with Crippen LogP contribution in [0.1, 0.15) is 59.6 Å². The van der Waals surface area contributed by atoms with Crippen molar-refractivity contribution in [1.82, 2.24) is 0 Å². The fraction of sp³-hybridized carbons (Fsp3) is 0.231. The molecule has 0 saturated carbocycles. The van der Waals surface area contributed by atoms with E-state index in [1.165, 1.54) is 49.4 Å². The molecule has 3 heteroatoms. The van der Waals surface area contributed by atoms with Crippen LogP contribution in [0.2, 0.25) is 0 Å². The Bertz CT molecular complexity index is 1400. The fourth-order valence-electron chi connectivity index (χ4n) is 4.27. The van der Waals surface area contributed by atoms with Crippen LogP contribution in [0.15, 0.2) is 114 Å². The van der Waals surface area contributed by atoms with Crippen LogP contribution in [0.25, 0.3) is 39.4 Å². The second-order valence-corrected chi connectivity index (χ2v) is 10.9. The smallest absolute Gasteiger partial charge is 0.673 e. The zero-order valence-corrected chi connectivity index (χ0v) is 29.5. The van der Waals surface area contributed by atoms with Crippen molar-refractivity contribution in [3.63, 3.8) is 0 Å². The van der Waals surface area contributed by atoms with Crippen molar-refractivity contribution in [2.45, 2.75) is 54.0 Å². The van der Waals surface area contributed by atoms with E-state index in [2.05, 4.69) is 143 Å². The SMILES string of the molecule is C(C=Cc1cccc2ccccc12)=Cc1cccc2ccccc12.CC(C)(C)[NH-].CC1=[C-]C(C)C(C)=C1C.[CH3-].[CH3-].[Si].[Ti+4]. The Labute approximate surface area is 276 Å². The Kier molecular flexibility index (Phi) is 19.2. The first-order valence-corrected chi connectivity index (χ1v) is 13.4. The molecule has 0 fully saturated rings. The first-order valence-electron chi connectivity index (χ1n) is 13.4. The van der Waals surface area contributed by atoms with Crippen LogP contribution in [0.4, 0.5) is 0 Å². The molecule has 0 bridgehead atoms. The van der Waals surface area contributed by atoms with E-state index in [9.17, 15) is 0 Å². The van der Waals surface area contributed by atoms with Crippen LogP contribution in [0, 0.1) is 26.8 Å². The maximum absolute atomic E-state index is 6.94. The molecule has 4 aromatic rings. The molecule has 1 atom stereocenters. The molecule has 42 heavy (non-hydrogen) atoms. The molecule has 0 saturated heterocycles. The molecule has 0 aromatic heterocycles. The summed E-state index contributed by atoms with van der Waals surface area (Å²) in [5.74, 6) is 0.560. The summed E-state index contributed by atoms with van der Waals surface area (Å²) in [4.78, 5) is 0. The number of allylic oxidation sites excluding steroid dienone is 6. The van der Waals surface area contributed by atoms with Crippen LogP contribution >= 0.6 is 0 Å². The molecule has 216 valence electrons. The zero-order valence-electron chi connectivity index (χ0n) is 27.0. The fourth-order valence-corrected chi connectivity index (χ4v) is 4.27. The van der Waals surface area contributed by atoms with Gasteiger partial charge in [-0.2, -0.15) is 11.1 Å². The maximum Gasteiger partial charge on any atom is 4.00 e. The third kappa shape index (κ3) is 12.6. The Morgan fingerprint density at radius 2 is 1.02 bits per heavy atom. The molecule has 1 aliphatic rings. The number of hydrogen-bond donors (Lipinski definition) is 0. The van der Waals surface area contributed by atoms with Gasteiger partial charge in [-0.3, -0.25) is 6.08 Å². The van der Waals surface area contributed by atoms with Gasteiger partial charge < -0.3 is 20.6 Å². The topological polar surface area (TPSA) is 23.8 Å². The van der Waals surface area contributed by atoms with Crippen molar-refractivity contribution in [1.29, 1.82) is 0 Å². The minimum atomic E-state index is -0.250. The van der Waals surface area contributed by atoms with Gasteiger partial charge in [0.2, 0.25) is 0 Å². The van der Waals surface area contributed by atoms with E-state index < -0.39 is 0 Å². The first kappa shape index (κ1) is 41.4. The summed E-state index contributed by atoms with van der Waals surface area (Å²) in [6, 6.07) is 29.8. The monoisotopic (exact) mass is 605 g/mol. The quantitative estimate of drug-likeness (QED) is 0.126. The third-order valence-electron chi connectivity index (χ3n) is 6.55. The van der Waals surface area contributed by atoms with E-state index in [0.717, 1.165) is 0 Å². The van der Waals surface area contributed by atoms with E-state index >= 15 is 0 Å². The van der Waals surface area contributed by atoms with Crippen molar-refractivity contribution >= 4 is 44.7 Å². The van der Waals surface area contributed by atoms with Gasteiger partial charge in [-0.15, -0.1) is 12.5 Å². The number of benzene rings is 4. The Morgan fingerprint density at radius 3 is 1.33 bits per heavy atom.